The number of aromatic nitrogens is 1. The number of phenols is 1. The van der Waals surface area contributed by atoms with E-state index in [0.29, 0.717) is 18.8 Å². The highest BCUT2D eigenvalue weighted by Gasteiger charge is 2.16. The molecule has 0 saturated heterocycles. The van der Waals surface area contributed by atoms with Crippen LogP contribution in [0.4, 0.5) is 0 Å². The first-order valence-electron chi connectivity index (χ1n) is 9.13. The number of aromatic hydroxyl groups is 1. The van der Waals surface area contributed by atoms with Crippen molar-refractivity contribution in [1.29, 1.82) is 0 Å². The molecule has 1 aliphatic rings. The van der Waals surface area contributed by atoms with Crippen molar-refractivity contribution in [2.75, 3.05) is 6.54 Å². The van der Waals surface area contributed by atoms with Gasteiger partial charge < -0.3 is 20.3 Å². The predicted molar refractivity (Wildman–Crippen MR) is 117 cm³/mol. The lowest BCUT2D eigenvalue weighted by Crippen LogP contribution is -2.37. The monoisotopic (exact) mass is 468 g/mol. The van der Waals surface area contributed by atoms with Crippen molar-refractivity contribution < 1.29 is 5.11 Å². The zero-order valence-electron chi connectivity index (χ0n) is 15.6. The van der Waals surface area contributed by atoms with Gasteiger partial charge in [0.15, 0.2) is 5.96 Å². The number of aliphatic imine (C=N–C) groups is 1. The van der Waals surface area contributed by atoms with E-state index in [-0.39, 0.29) is 24.0 Å². The van der Waals surface area contributed by atoms with Crippen molar-refractivity contribution >= 4 is 29.9 Å². The lowest BCUT2D eigenvalue weighted by Gasteiger charge is -2.21. The molecule has 0 saturated carbocycles. The van der Waals surface area contributed by atoms with E-state index in [1.54, 1.807) is 0 Å². The summed E-state index contributed by atoms with van der Waals surface area (Å²) in [7, 11) is 2.01. The Morgan fingerprint density at radius 3 is 2.73 bits per heavy atom. The van der Waals surface area contributed by atoms with Crippen molar-refractivity contribution in [3.63, 3.8) is 0 Å². The first kappa shape index (κ1) is 20.6. The zero-order chi connectivity index (χ0) is 17.6. The van der Waals surface area contributed by atoms with Crippen LogP contribution in [0.2, 0.25) is 0 Å². The van der Waals surface area contributed by atoms with Gasteiger partial charge in [0, 0.05) is 38.1 Å². The van der Waals surface area contributed by atoms with Crippen LogP contribution in [-0.4, -0.2) is 22.2 Å². The van der Waals surface area contributed by atoms with Crippen LogP contribution in [0.1, 0.15) is 42.0 Å². The second kappa shape index (κ2) is 9.85. The molecule has 1 aliphatic carbocycles. The summed E-state index contributed by atoms with van der Waals surface area (Å²) >= 11 is 0. The number of nitrogens with one attached hydrogen (secondary N) is 2. The fourth-order valence-electron chi connectivity index (χ4n) is 3.43. The molecule has 0 amide bonds. The van der Waals surface area contributed by atoms with Gasteiger partial charge in [0.2, 0.25) is 0 Å². The second-order valence-corrected chi connectivity index (χ2v) is 6.64. The van der Waals surface area contributed by atoms with Crippen LogP contribution in [0, 0.1) is 0 Å². The summed E-state index contributed by atoms with van der Waals surface area (Å²) in [5.41, 5.74) is 4.90. The molecule has 0 bridgehead atoms. The third kappa shape index (κ3) is 5.16. The van der Waals surface area contributed by atoms with E-state index in [1.165, 1.54) is 29.5 Å². The van der Waals surface area contributed by atoms with Gasteiger partial charge in [0.1, 0.15) is 5.75 Å². The predicted octanol–water partition coefficient (Wildman–Crippen LogP) is 3.48. The van der Waals surface area contributed by atoms with Crippen LogP contribution in [0.15, 0.2) is 35.6 Å². The first-order chi connectivity index (χ1) is 12.2. The summed E-state index contributed by atoms with van der Waals surface area (Å²) < 4.78 is 2.03. The fraction of sp³-hybridized carbons (Fsp3) is 0.450. The van der Waals surface area contributed by atoms with Crippen LogP contribution < -0.4 is 10.6 Å². The Hall–Kier alpha value is -1.70. The Labute approximate surface area is 172 Å². The van der Waals surface area contributed by atoms with Gasteiger partial charge in [-0.2, -0.15) is 0 Å². The Bertz CT molecular complexity index is 754. The molecule has 5 nitrogen and oxygen atoms in total. The number of halogens is 1. The summed E-state index contributed by atoms with van der Waals surface area (Å²) in [5.74, 6) is 1.16. The first-order valence-corrected chi connectivity index (χ1v) is 9.13. The number of nitrogens with zero attached hydrogens (tertiary/aromatic N) is 2. The molecular formula is C20H29IN4O. The van der Waals surface area contributed by atoms with E-state index in [4.69, 9.17) is 0 Å². The maximum Gasteiger partial charge on any atom is 0.191 e. The van der Waals surface area contributed by atoms with Gasteiger partial charge in [-0.25, -0.2) is 4.99 Å². The van der Waals surface area contributed by atoms with Gasteiger partial charge in [-0.3, -0.25) is 0 Å². The van der Waals surface area contributed by atoms with Crippen molar-refractivity contribution in [2.45, 2.75) is 45.7 Å². The number of fused-ring (bicyclic) bond motifs is 1. The molecule has 1 aromatic heterocycles. The van der Waals surface area contributed by atoms with Gasteiger partial charge >= 0.3 is 0 Å². The molecule has 26 heavy (non-hydrogen) atoms. The third-order valence-corrected chi connectivity index (χ3v) is 4.72. The number of hydrogen-bond donors (Lipinski definition) is 3. The molecule has 142 valence electrons. The molecular weight excluding hydrogens is 439 g/mol. The normalized spacial score (nSPS) is 13.7. The van der Waals surface area contributed by atoms with Gasteiger partial charge in [0.05, 0.1) is 6.54 Å². The molecule has 0 aliphatic heterocycles. The van der Waals surface area contributed by atoms with Crippen LogP contribution in [0.25, 0.3) is 0 Å². The van der Waals surface area contributed by atoms with Crippen molar-refractivity contribution in [2.24, 2.45) is 12.0 Å². The number of phenolic OH excluding ortho intramolecular Hbond substituents is 1. The number of aryl methyl sites for hydroxylation is 2. The lowest BCUT2D eigenvalue weighted by atomic mass is 9.88. The Balaban J connectivity index is 0.00000243. The minimum atomic E-state index is 0. The van der Waals surface area contributed by atoms with Crippen LogP contribution >= 0.6 is 24.0 Å². The van der Waals surface area contributed by atoms with E-state index >= 15 is 0 Å². The zero-order valence-corrected chi connectivity index (χ0v) is 17.9. The molecule has 0 unspecified atom stereocenters. The minimum absolute atomic E-state index is 0. The van der Waals surface area contributed by atoms with E-state index in [0.717, 1.165) is 30.9 Å². The quantitative estimate of drug-likeness (QED) is 0.358. The summed E-state index contributed by atoms with van der Waals surface area (Å²) in [4.78, 5) is 4.65. The van der Waals surface area contributed by atoms with Crippen molar-refractivity contribution in [3.05, 3.63) is 52.8 Å². The van der Waals surface area contributed by atoms with Crippen LogP contribution in [0.5, 0.6) is 5.75 Å². The minimum Gasteiger partial charge on any atom is -0.508 e. The number of hydrogen-bond acceptors (Lipinski definition) is 2. The van der Waals surface area contributed by atoms with Crippen LogP contribution in [0.3, 0.4) is 0 Å². The van der Waals surface area contributed by atoms with Gasteiger partial charge in [-0.05, 0) is 61.4 Å². The summed E-state index contributed by atoms with van der Waals surface area (Å²) in [6.07, 6.45) is 8.71. The highest BCUT2D eigenvalue weighted by atomic mass is 127. The van der Waals surface area contributed by atoms with Crippen molar-refractivity contribution in [3.8, 4) is 5.75 Å². The van der Waals surface area contributed by atoms with E-state index < -0.39 is 0 Å². The molecule has 1 aromatic carbocycles. The number of rotatable bonds is 5. The Morgan fingerprint density at radius 1 is 1.19 bits per heavy atom. The number of benzene rings is 1. The molecule has 0 fully saturated rings. The molecule has 1 heterocycles. The summed E-state index contributed by atoms with van der Waals surface area (Å²) in [5, 5.41) is 17.0. The highest BCUT2D eigenvalue weighted by Crippen LogP contribution is 2.30. The molecule has 2 aromatic rings. The molecule has 0 spiro atoms. The molecule has 0 radical (unpaired) electrons. The smallest absolute Gasteiger partial charge is 0.191 e. The molecule has 6 heteroatoms. The largest absolute Gasteiger partial charge is 0.508 e. The van der Waals surface area contributed by atoms with E-state index in [2.05, 4.69) is 40.9 Å². The highest BCUT2D eigenvalue weighted by molar-refractivity contribution is 14.0. The maximum atomic E-state index is 10.3. The Kier molecular flexibility index (Phi) is 7.81. The molecule has 0 atom stereocenters. The lowest BCUT2D eigenvalue weighted by molar-refractivity contribution is 0.464. The third-order valence-electron chi connectivity index (χ3n) is 4.72. The fourth-order valence-corrected chi connectivity index (χ4v) is 3.43. The standard InChI is InChI=1S/C20H28N4O.HI/c1-3-21-20(22-12-15-10-11-24(2)14-15)23-13-18-17-7-5-4-6-16(17)8-9-19(18)25;/h8-11,14,25H,3-7,12-13H2,1-2H3,(H2,21,22,23);1H. The SMILES string of the molecule is CCNC(=NCc1ccn(C)c1)NCc1c(O)ccc2c1CCCC2.I. The van der Waals surface area contributed by atoms with Crippen LogP contribution in [-0.2, 0) is 33.0 Å². The van der Waals surface area contributed by atoms with Gasteiger partial charge in [0.25, 0.3) is 0 Å². The second-order valence-electron chi connectivity index (χ2n) is 6.64. The topological polar surface area (TPSA) is 61.6 Å². The maximum absolute atomic E-state index is 10.3. The number of guanidine groups is 1. The van der Waals surface area contributed by atoms with Gasteiger partial charge in [-0.1, -0.05) is 6.07 Å². The van der Waals surface area contributed by atoms with Gasteiger partial charge in [-0.15, -0.1) is 24.0 Å². The summed E-state index contributed by atoms with van der Waals surface area (Å²) in [6, 6.07) is 5.98. The van der Waals surface area contributed by atoms with Crippen molar-refractivity contribution in [1.82, 2.24) is 15.2 Å². The van der Waals surface area contributed by atoms with E-state index in [9.17, 15) is 5.11 Å². The molecule has 3 rings (SSSR count). The average Bonchev–Trinajstić information content (AvgIpc) is 3.04. The summed E-state index contributed by atoms with van der Waals surface area (Å²) in [6.45, 7) is 4.09. The molecule has 3 N–H and O–H groups in total. The Morgan fingerprint density at radius 2 is 2.00 bits per heavy atom. The van der Waals surface area contributed by atoms with E-state index in [1.807, 2.05) is 23.9 Å². The average molecular weight is 468 g/mol.